The second kappa shape index (κ2) is 7.42. The van der Waals surface area contributed by atoms with Crippen LogP contribution in [0.2, 0.25) is 5.02 Å². The highest BCUT2D eigenvalue weighted by molar-refractivity contribution is 7.98. The number of anilines is 1. The van der Waals surface area contributed by atoms with Gasteiger partial charge in [-0.25, -0.2) is 10.1 Å². The number of aromatic amines is 1. The van der Waals surface area contributed by atoms with E-state index in [1.54, 1.807) is 6.20 Å². The Morgan fingerprint density at radius 3 is 2.81 bits per heavy atom. The molecule has 0 atom stereocenters. The molecule has 27 heavy (non-hydrogen) atoms. The van der Waals surface area contributed by atoms with Gasteiger partial charge in [-0.2, -0.15) is 4.98 Å². The summed E-state index contributed by atoms with van der Waals surface area (Å²) in [5.74, 6) is 0.643. The number of thioether (sulfide) groups is 1. The van der Waals surface area contributed by atoms with Gasteiger partial charge in [0, 0.05) is 22.7 Å². The number of carbonyl (C=O) groups excluding carboxylic acids is 1. The average Bonchev–Trinajstić information content (AvgIpc) is 3.29. The van der Waals surface area contributed by atoms with Gasteiger partial charge >= 0.3 is 0 Å². The Labute approximate surface area is 164 Å². The molecule has 1 amide bonds. The highest BCUT2D eigenvalue weighted by atomic mass is 35.5. The van der Waals surface area contributed by atoms with Crippen LogP contribution in [0.5, 0.6) is 0 Å². The molecule has 0 aliphatic rings. The molecule has 2 N–H and O–H groups in total. The van der Waals surface area contributed by atoms with E-state index in [0.29, 0.717) is 21.6 Å². The third kappa shape index (κ3) is 3.96. The van der Waals surface area contributed by atoms with E-state index in [1.165, 1.54) is 11.8 Å². The minimum absolute atomic E-state index is 0.285. The molecule has 0 saturated heterocycles. The summed E-state index contributed by atoms with van der Waals surface area (Å²) in [6, 6.07) is 13.3. The average molecular weight is 399 g/mol. The summed E-state index contributed by atoms with van der Waals surface area (Å²) in [6.07, 6.45) is 1.70. The number of aromatic nitrogens is 5. The second-order valence-corrected chi connectivity index (χ2v) is 7.24. The Hall–Kier alpha value is -2.84. The Bertz CT molecular complexity index is 1100. The molecule has 0 radical (unpaired) electrons. The van der Waals surface area contributed by atoms with Gasteiger partial charge in [-0.05, 0) is 36.8 Å². The number of hydrogen-bond acceptors (Lipinski definition) is 5. The maximum absolute atomic E-state index is 12.4. The smallest absolute Gasteiger partial charge is 0.278 e. The van der Waals surface area contributed by atoms with Gasteiger partial charge in [0.25, 0.3) is 5.91 Å². The monoisotopic (exact) mass is 398 g/mol. The molecule has 0 fully saturated rings. The van der Waals surface area contributed by atoms with E-state index in [1.807, 2.05) is 53.8 Å². The van der Waals surface area contributed by atoms with Crippen molar-refractivity contribution in [3.63, 3.8) is 0 Å². The zero-order chi connectivity index (χ0) is 18.8. The molecule has 4 aromatic rings. The minimum atomic E-state index is -0.344. The number of amides is 1. The third-order valence-corrected chi connectivity index (χ3v) is 5.08. The molecule has 7 nitrogen and oxygen atoms in total. The standard InChI is InChI=1S/C18H15ClN6OS/c1-11-3-2-4-15-20-14(9-25(11)15)16(26)21-17-22-18(24-23-17)27-10-12-5-7-13(19)8-6-12/h2-9H,10H2,1H3,(H2,21,22,23,24,26). The number of nitrogens with zero attached hydrogens (tertiary/aromatic N) is 4. The zero-order valence-electron chi connectivity index (χ0n) is 14.3. The van der Waals surface area contributed by atoms with Crippen molar-refractivity contribution in [1.82, 2.24) is 24.6 Å². The van der Waals surface area contributed by atoms with Crippen molar-refractivity contribution in [2.45, 2.75) is 17.8 Å². The number of pyridine rings is 1. The van der Waals surface area contributed by atoms with E-state index in [-0.39, 0.29) is 11.9 Å². The maximum atomic E-state index is 12.4. The number of H-pyrrole nitrogens is 1. The first-order valence-corrected chi connectivity index (χ1v) is 9.50. The van der Waals surface area contributed by atoms with Gasteiger partial charge in [-0.3, -0.25) is 10.1 Å². The summed E-state index contributed by atoms with van der Waals surface area (Å²) in [5.41, 5.74) is 3.15. The van der Waals surface area contributed by atoms with E-state index < -0.39 is 0 Å². The predicted molar refractivity (Wildman–Crippen MR) is 105 cm³/mol. The topological polar surface area (TPSA) is 88.0 Å². The Kier molecular flexibility index (Phi) is 4.83. The van der Waals surface area contributed by atoms with Crippen molar-refractivity contribution < 1.29 is 4.79 Å². The van der Waals surface area contributed by atoms with Crippen LogP contribution < -0.4 is 5.32 Å². The zero-order valence-corrected chi connectivity index (χ0v) is 15.9. The largest absolute Gasteiger partial charge is 0.304 e. The van der Waals surface area contributed by atoms with Crippen LogP contribution in [-0.4, -0.2) is 30.5 Å². The Morgan fingerprint density at radius 2 is 2.04 bits per heavy atom. The van der Waals surface area contributed by atoms with Crippen LogP contribution in [0.25, 0.3) is 5.65 Å². The first-order valence-electron chi connectivity index (χ1n) is 8.14. The van der Waals surface area contributed by atoms with Crippen LogP contribution in [-0.2, 0) is 5.75 Å². The van der Waals surface area contributed by atoms with Crippen LogP contribution in [0.3, 0.4) is 0 Å². The SMILES string of the molecule is Cc1cccc2nc(C(=O)Nc3nc(SCc4ccc(Cl)cc4)n[nH]3)cn12. The van der Waals surface area contributed by atoms with Gasteiger partial charge in [0.2, 0.25) is 11.1 Å². The molecule has 3 heterocycles. The van der Waals surface area contributed by atoms with E-state index in [2.05, 4.69) is 25.5 Å². The Balaban J connectivity index is 1.41. The lowest BCUT2D eigenvalue weighted by Crippen LogP contribution is -2.13. The molecule has 0 aliphatic carbocycles. The minimum Gasteiger partial charge on any atom is -0.304 e. The number of imidazole rings is 1. The molecule has 0 aliphatic heterocycles. The molecular weight excluding hydrogens is 384 g/mol. The summed E-state index contributed by atoms with van der Waals surface area (Å²) in [4.78, 5) is 21.0. The summed E-state index contributed by atoms with van der Waals surface area (Å²) < 4.78 is 1.86. The van der Waals surface area contributed by atoms with Crippen molar-refractivity contribution >= 4 is 40.9 Å². The normalized spacial score (nSPS) is 11.0. The number of fused-ring (bicyclic) bond motifs is 1. The van der Waals surface area contributed by atoms with Crippen LogP contribution in [0.4, 0.5) is 5.95 Å². The number of nitrogens with one attached hydrogen (secondary N) is 2. The number of benzene rings is 1. The number of halogens is 1. The molecule has 0 unspecified atom stereocenters. The molecule has 0 saturated carbocycles. The lowest BCUT2D eigenvalue weighted by Gasteiger charge is -1.98. The van der Waals surface area contributed by atoms with Crippen molar-refractivity contribution in [3.05, 3.63) is 70.6 Å². The Morgan fingerprint density at radius 1 is 1.22 bits per heavy atom. The molecule has 136 valence electrons. The van der Waals surface area contributed by atoms with E-state index in [9.17, 15) is 4.79 Å². The molecule has 4 rings (SSSR count). The highest BCUT2D eigenvalue weighted by Crippen LogP contribution is 2.21. The van der Waals surface area contributed by atoms with Crippen molar-refractivity contribution in [2.75, 3.05) is 5.32 Å². The summed E-state index contributed by atoms with van der Waals surface area (Å²) in [7, 11) is 0. The van der Waals surface area contributed by atoms with Crippen LogP contribution >= 0.6 is 23.4 Å². The van der Waals surface area contributed by atoms with Crippen molar-refractivity contribution in [3.8, 4) is 0 Å². The second-order valence-electron chi connectivity index (χ2n) is 5.86. The lowest BCUT2D eigenvalue weighted by atomic mass is 10.2. The summed E-state index contributed by atoms with van der Waals surface area (Å²) >= 11 is 7.34. The quantitative estimate of drug-likeness (QED) is 0.497. The fraction of sp³-hybridized carbons (Fsp3) is 0.111. The van der Waals surface area contributed by atoms with Gasteiger partial charge in [0.1, 0.15) is 11.3 Å². The summed E-state index contributed by atoms with van der Waals surface area (Å²) in [5, 5.41) is 10.8. The van der Waals surface area contributed by atoms with Crippen molar-refractivity contribution in [1.29, 1.82) is 0 Å². The van der Waals surface area contributed by atoms with Gasteiger partial charge < -0.3 is 4.40 Å². The van der Waals surface area contributed by atoms with Crippen molar-refractivity contribution in [2.24, 2.45) is 0 Å². The van der Waals surface area contributed by atoms with E-state index >= 15 is 0 Å². The molecular formula is C18H15ClN6OS. The fourth-order valence-corrected chi connectivity index (χ4v) is 3.40. The number of aryl methyl sites for hydroxylation is 1. The first-order chi connectivity index (χ1) is 13.1. The van der Waals surface area contributed by atoms with E-state index in [4.69, 9.17) is 11.6 Å². The fourth-order valence-electron chi connectivity index (χ4n) is 2.52. The third-order valence-electron chi connectivity index (χ3n) is 3.91. The maximum Gasteiger partial charge on any atom is 0.278 e. The van der Waals surface area contributed by atoms with Gasteiger partial charge in [0.05, 0.1) is 0 Å². The predicted octanol–water partition coefficient (Wildman–Crippen LogP) is 3.96. The van der Waals surface area contributed by atoms with Gasteiger partial charge in [0.15, 0.2) is 0 Å². The van der Waals surface area contributed by atoms with Gasteiger partial charge in [-0.15, -0.1) is 5.10 Å². The van der Waals surface area contributed by atoms with Crippen LogP contribution in [0.15, 0.2) is 53.8 Å². The first kappa shape index (κ1) is 17.6. The molecule has 3 aromatic heterocycles. The molecule has 0 bridgehead atoms. The molecule has 0 spiro atoms. The number of carbonyl (C=O) groups is 1. The molecule has 9 heteroatoms. The lowest BCUT2D eigenvalue weighted by molar-refractivity contribution is 0.102. The number of rotatable bonds is 5. The van der Waals surface area contributed by atoms with E-state index in [0.717, 1.165) is 16.9 Å². The summed E-state index contributed by atoms with van der Waals surface area (Å²) in [6.45, 7) is 1.96. The van der Waals surface area contributed by atoms with Crippen LogP contribution in [0.1, 0.15) is 21.7 Å². The number of hydrogen-bond donors (Lipinski definition) is 2. The van der Waals surface area contributed by atoms with Gasteiger partial charge in [-0.1, -0.05) is 41.6 Å². The highest BCUT2D eigenvalue weighted by Gasteiger charge is 2.14. The molecule has 1 aromatic carbocycles. The van der Waals surface area contributed by atoms with Crippen LogP contribution in [0, 0.1) is 6.92 Å².